The van der Waals surface area contributed by atoms with Crippen LogP contribution in [0, 0.1) is 0 Å². The van der Waals surface area contributed by atoms with E-state index in [4.69, 9.17) is 4.74 Å². The summed E-state index contributed by atoms with van der Waals surface area (Å²) < 4.78 is 5.25. The summed E-state index contributed by atoms with van der Waals surface area (Å²) in [5.41, 5.74) is 0. The van der Waals surface area contributed by atoms with Gasteiger partial charge in [-0.2, -0.15) is 0 Å². The Morgan fingerprint density at radius 3 is 2.94 bits per heavy atom. The molecule has 1 unspecified atom stereocenters. The molecule has 0 radical (unpaired) electrons. The number of rotatable bonds is 7. The van der Waals surface area contributed by atoms with E-state index in [1.807, 2.05) is 11.6 Å². The Morgan fingerprint density at radius 1 is 1.44 bits per heavy atom. The smallest absolute Gasteiger partial charge is 0.129 e. The summed E-state index contributed by atoms with van der Waals surface area (Å²) in [5.74, 6) is 0.942. The number of thiophene rings is 1. The molecule has 2 rings (SSSR count). The van der Waals surface area contributed by atoms with Crippen LogP contribution in [0.1, 0.15) is 29.3 Å². The third-order valence-electron chi connectivity index (χ3n) is 2.68. The van der Waals surface area contributed by atoms with E-state index in [2.05, 4.69) is 28.7 Å². The minimum absolute atomic E-state index is 0.338. The maximum absolute atomic E-state index is 5.25. The van der Waals surface area contributed by atoms with Gasteiger partial charge in [-0.3, -0.25) is 0 Å². The van der Waals surface area contributed by atoms with E-state index >= 15 is 0 Å². The van der Waals surface area contributed by atoms with Crippen LogP contribution in [0.5, 0.6) is 5.75 Å². The monoisotopic (exact) mass is 282 g/mol. The molecule has 0 aliphatic carbocycles. The van der Waals surface area contributed by atoms with Crippen molar-refractivity contribution in [3.63, 3.8) is 0 Å². The van der Waals surface area contributed by atoms with Crippen LogP contribution in [-0.2, 0) is 6.42 Å². The van der Waals surface area contributed by atoms with Crippen LogP contribution in [0.3, 0.4) is 0 Å². The maximum Gasteiger partial charge on any atom is 0.129 e. The zero-order valence-electron chi connectivity index (χ0n) is 10.7. The van der Waals surface area contributed by atoms with E-state index in [-0.39, 0.29) is 0 Å². The lowest BCUT2D eigenvalue weighted by Gasteiger charge is -2.15. The lowest BCUT2D eigenvalue weighted by atomic mass is 10.1. The summed E-state index contributed by atoms with van der Waals surface area (Å²) in [6, 6.07) is 2.45. The fraction of sp³-hybridized carbons (Fsp3) is 0.462. The van der Waals surface area contributed by atoms with E-state index in [0.717, 1.165) is 25.1 Å². The molecule has 2 heterocycles. The first kappa shape index (κ1) is 13.5. The third kappa shape index (κ3) is 3.54. The summed E-state index contributed by atoms with van der Waals surface area (Å²) in [6.07, 6.45) is 3.95. The Morgan fingerprint density at radius 2 is 2.33 bits per heavy atom. The van der Waals surface area contributed by atoms with Gasteiger partial charge < -0.3 is 10.1 Å². The highest BCUT2D eigenvalue weighted by Crippen LogP contribution is 2.29. The molecule has 2 aromatic heterocycles. The minimum atomic E-state index is 0.338. The number of hydrogen-bond acceptors (Lipinski definition) is 5. The Balaban J connectivity index is 2.08. The first-order valence-electron chi connectivity index (χ1n) is 6.07. The van der Waals surface area contributed by atoms with Crippen molar-refractivity contribution in [1.82, 2.24) is 10.3 Å². The molecule has 2 aromatic rings. The van der Waals surface area contributed by atoms with Crippen molar-refractivity contribution in [3.05, 3.63) is 32.9 Å². The van der Waals surface area contributed by atoms with Crippen LogP contribution in [0.2, 0.25) is 0 Å². The summed E-state index contributed by atoms with van der Waals surface area (Å²) in [7, 11) is 1.71. The fourth-order valence-electron chi connectivity index (χ4n) is 1.74. The SMILES string of the molecule is CCCNC(Cc1nccs1)c1cc(OC)cs1. The van der Waals surface area contributed by atoms with Crippen molar-refractivity contribution < 1.29 is 4.74 Å². The minimum Gasteiger partial charge on any atom is -0.496 e. The second kappa shape index (κ2) is 6.87. The molecule has 5 heteroatoms. The van der Waals surface area contributed by atoms with E-state index in [0.29, 0.717) is 6.04 Å². The first-order valence-corrected chi connectivity index (χ1v) is 7.83. The number of hydrogen-bond donors (Lipinski definition) is 1. The third-order valence-corrected chi connectivity index (χ3v) is 4.50. The molecule has 0 saturated heterocycles. The molecule has 0 spiro atoms. The number of methoxy groups -OCH3 is 1. The van der Waals surface area contributed by atoms with Gasteiger partial charge in [0.05, 0.1) is 12.1 Å². The zero-order chi connectivity index (χ0) is 12.8. The van der Waals surface area contributed by atoms with Gasteiger partial charge in [-0.25, -0.2) is 4.98 Å². The van der Waals surface area contributed by atoms with E-state index in [9.17, 15) is 0 Å². The predicted octanol–water partition coefficient (Wildman–Crippen LogP) is 3.50. The highest BCUT2D eigenvalue weighted by molar-refractivity contribution is 7.10. The molecule has 1 N–H and O–H groups in total. The van der Waals surface area contributed by atoms with Crippen LogP contribution >= 0.6 is 22.7 Å². The number of aromatic nitrogens is 1. The van der Waals surface area contributed by atoms with Crippen molar-refractivity contribution in [2.24, 2.45) is 0 Å². The summed E-state index contributed by atoms with van der Waals surface area (Å²) >= 11 is 3.46. The topological polar surface area (TPSA) is 34.2 Å². The van der Waals surface area contributed by atoms with Gasteiger partial charge >= 0.3 is 0 Å². The van der Waals surface area contributed by atoms with E-state index in [1.54, 1.807) is 29.8 Å². The van der Waals surface area contributed by atoms with E-state index in [1.165, 1.54) is 9.88 Å². The van der Waals surface area contributed by atoms with Gasteiger partial charge in [0.2, 0.25) is 0 Å². The Bertz CT molecular complexity index is 453. The molecule has 0 saturated carbocycles. The summed E-state index contributed by atoms with van der Waals surface area (Å²) in [5, 5.41) is 8.84. The van der Waals surface area contributed by atoms with Crippen LogP contribution in [0.4, 0.5) is 0 Å². The molecule has 18 heavy (non-hydrogen) atoms. The van der Waals surface area contributed by atoms with Gasteiger partial charge in [0, 0.05) is 34.3 Å². The van der Waals surface area contributed by atoms with Gasteiger partial charge in [0.1, 0.15) is 5.75 Å². The standard InChI is InChI=1S/C13H18N2OS2/c1-3-4-14-11(8-13-15-5-6-17-13)12-7-10(16-2)9-18-12/h5-7,9,11,14H,3-4,8H2,1-2H3. The van der Waals surface area contributed by atoms with Gasteiger partial charge in [0.25, 0.3) is 0 Å². The Labute approximate surface area is 116 Å². The van der Waals surface area contributed by atoms with Crippen LogP contribution in [0.15, 0.2) is 23.0 Å². The molecule has 0 fully saturated rings. The average molecular weight is 282 g/mol. The largest absolute Gasteiger partial charge is 0.496 e. The predicted molar refractivity (Wildman–Crippen MR) is 77.7 cm³/mol. The number of thiazole rings is 1. The number of nitrogens with one attached hydrogen (secondary N) is 1. The normalized spacial score (nSPS) is 12.6. The molecule has 3 nitrogen and oxygen atoms in total. The molecule has 0 aliphatic heterocycles. The molecule has 0 amide bonds. The molecule has 0 aliphatic rings. The Hall–Kier alpha value is -0.910. The van der Waals surface area contributed by atoms with Crippen LogP contribution in [-0.4, -0.2) is 18.6 Å². The average Bonchev–Trinajstić information content (AvgIpc) is 3.05. The van der Waals surface area contributed by atoms with E-state index < -0.39 is 0 Å². The highest BCUT2D eigenvalue weighted by atomic mass is 32.1. The quantitative estimate of drug-likeness (QED) is 0.844. The second-order valence-electron chi connectivity index (χ2n) is 4.03. The van der Waals surface area contributed by atoms with Crippen molar-refractivity contribution in [2.75, 3.05) is 13.7 Å². The van der Waals surface area contributed by atoms with Crippen LogP contribution < -0.4 is 10.1 Å². The molecular weight excluding hydrogens is 264 g/mol. The zero-order valence-corrected chi connectivity index (χ0v) is 12.3. The number of nitrogens with zero attached hydrogens (tertiary/aromatic N) is 1. The summed E-state index contributed by atoms with van der Waals surface area (Å²) in [6.45, 7) is 3.21. The van der Waals surface area contributed by atoms with Crippen molar-refractivity contribution in [2.45, 2.75) is 25.8 Å². The molecule has 98 valence electrons. The van der Waals surface area contributed by atoms with Gasteiger partial charge in [-0.15, -0.1) is 22.7 Å². The number of ether oxygens (including phenoxy) is 1. The van der Waals surface area contributed by atoms with Crippen molar-refractivity contribution >= 4 is 22.7 Å². The lowest BCUT2D eigenvalue weighted by Crippen LogP contribution is -2.23. The molecule has 0 aromatic carbocycles. The van der Waals surface area contributed by atoms with Crippen LogP contribution in [0.25, 0.3) is 0 Å². The van der Waals surface area contributed by atoms with Gasteiger partial charge in [-0.1, -0.05) is 6.92 Å². The maximum atomic E-state index is 5.25. The Kier molecular flexibility index (Phi) is 5.16. The van der Waals surface area contributed by atoms with Crippen molar-refractivity contribution in [1.29, 1.82) is 0 Å². The van der Waals surface area contributed by atoms with Gasteiger partial charge in [0.15, 0.2) is 0 Å². The van der Waals surface area contributed by atoms with Crippen molar-refractivity contribution in [3.8, 4) is 5.75 Å². The highest BCUT2D eigenvalue weighted by Gasteiger charge is 2.15. The van der Waals surface area contributed by atoms with Gasteiger partial charge in [-0.05, 0) is 19.0 Å². The molecule has 0 bridgehead atoms. The molecule has 1 atom stereocenters. The second-order valence-corrected chi connectivity index (χ2v) is 5.95. The fourth-order valence-corrected chi connectivity index (χ4v) is 3.34. The first-order chi connectivity index (χ1) is 8.83. The summed E-state index contributed by atoms with van der Waals surface area (Å²) in [4.78, 5) is 5.68. The lowest BCUT2D eigenvalue weighted by molar-refractivity contribution is 0.415. The molecular formula is C13H18N2OS2.